The van der Waals surface area contributed by atoms with Crippen LogP contribution in [0.15, 0.2) is 36.4 Å². The third kappa shape index (κ3) is 11.8. The number of carbonyl (C=O) groups excluding carboxylic acids is 5. The highest BCUT2D eigenvalue weighted by Gasteiger charge is 2.29. The molecule has 1 aromatic rings. The number of nitrogens with one attached hydrogen (secondary N) is 4. The van der Waals surface area contributed by atoms with Crippen LogP contribution in [0.1, 0.15) is 57.9 Å². The highest BCUT2D eigenvalue weighted by Crippen LogP contribution is 2.12. The standard InChI is InChI=1S/C28H42N6O7/c1-18(2)25(33-22(36)8-4-3-5-16-34-23(37)13-14-24(34)38)27(40)32-21(7-6-15-30-28(29)41)26(39)31-20-11-9-19(17-35)10-12-20/h9-14,18,21,25,28,30,35,41H,3-8,15-17,29H2,1-2H3,(H,31,39)(H,32,40)(H,33,36)/t21-,25-,28?/m0/s1. The van der Waals surface area contributed by atoms with Crippen molar-refractivity contribution in [2.75, 3.05) is 18.4 Å². The van der Waals surface area contributed by atoms with Gasteiger partial charge in [0.1, 0.15) is 12.1 Å². The number of amides is 5. The number of aliphatic hydroxyl groups excluding tert-OH is 2. The van der Waals surface area contributed by atoms with Gasteiger partial charge < -0.3 is 26.2 Å². The lowest BCUT2D eigenvalue weighted by molar-refractivity contribution is -0.137. The molecule has 0 spiro atoms. The summed E-state index contributed by atoms with van der Waals surface area (Å²) in [6.07, 6.45) is 3.79. The lowest BCUT2D eigenvalue weighted by atomic mass is 10.0. The van der Waals surface area contributed by atoms with Crippen LogP contribution in [0, 0.1) is 5.92 Å². The van der Waals surface area contributed by atoms with Gasteiger partial charge in [-0.15, -0.1) is 0 Å². The van der Waals surface area contributed by atoms with Gasteiger partial charge in [-0.3, -0.25) is 39.9 Å². The Morgan fingerprint density at radius 1 is 0.927 bits per heavy atom. The van der Waals surface area contributed by atoms with Crippen LogP contribution in [-0.4, -0.2) is 76.2 Å². The van der Waals surface area contributed by atoms with Gasteiger partial charge in [-0.2, -0.15) is 0 Å². The van der Waals surface area contributed by atoms with E-state index in [0.717, 1.165) is 4.90 Å². The summed E-state index contributed by atoms with van der Waals surface area (Å²) in [5.74, 6) is -2.21. The molecule has 0 radical (unpaired) electrons. The van der Waals surface area contributed by atoms with E-state index in [2.05, 4.69) is 21.3 Å². The van der Waals surface area contributed by atoms with Gasteiger partial charge in [0.25, 0.3) is 11.8 Å². The monoisotopic (exact) mass is 574 g/mol. The minimum Gasteiger partial charge on any atom is -0.392 e. The van der Waals surface area contributed by atoms with Gasteiger partial charge in [-0.1, -0.05) is 32.4 Å². The summed E-state index contributed by atoms with van der Waals surface area (Å²) in [5.41, 5.74) is 6.47. The first-order chi connectivity index (χ1) is 19.5. The number of hydrogen-bond donors (Lipinski definition) is 7. The zero-order valence-corrected chi connectivity index (χ0v) is 23.6. The third-order valence-corrected chi connectivity index (χ3v) is 6.51. The quantitative estimate of drug-likeness (QED) is 0.0706. The highest BCUT2D eigenvalue weighted by atomic mass is 16.3. The molecule has 226 valence electrons. The first kappa shape index (κ1) is 33.6. The molecule has 1 aliphatic heterocycles. The van der Waals surface area contributed by atoms with E-state index in [4.69, 9.17) is 5.73 Å². The van der Waals surface area contributed by atoms with Crippen LogP contribution in [0.25, 0.3) is 0 Å². The van der Waals surface area contributed by atoms with Crippen molar-refractivity contribution in [1.82, 2.24) is 20.9 Å². The molecule has 0 saturated carbocycles. The lowest BCUT2D eigenvalue weighted by Gasteiger charge is -2.25. The first-order valence-electron chi connectivity index (χ1n) is 13.8. The summed E-state index contributed by atoms with van der Waals surface area (Å²) in [6.45, 7) is 4.04. The maximum Gasteiger partial charge on any atom is 0.253 e. The molecule has 1 aromatic carbocycles. The number of benzene rings is 1. The molecule has 8 N–H and O–H groups in total. The summed E-state index contributed by atoms with van der Waals surface area (Å²) in [5, 5.41) is 29.3. The smallest absolute Gasteiger partial charge is 0.253 e. The number of hydrogen-bond acceptors (Lipinski definition) is 9. The Bertz CT molecular complexity index is 1060. The average molecular weight is 575 g/mol. The SMILES string of the molecule is CC(C)[C@H](NC(=O)CCCCCN1C(=O)C=CC1=O)C(=O)N[C@@H](CCCNC(N)O)C(=O)Nc1ccc(CO)cc1. The fourth-order valence-corrected chi connectivity index (χ4v) is 4.17. The number of aliphatic hydroxyl groups is 2. The van der Waals surface area contributed by atoms with E-state index in [9.17, 15) is 34.2 Å². The Labute approximate surface area is 239 Å². The van der Waals surface area contributed by atoms with Crippen LogP contribution >= 0.6 is 0 Å². The van der Waals surface area contributed by atoms with E-state index in [1.807, 2.05) is 0 Å². The summed E-state index contributed by atoms with van der Waals surface area (Å²) in [4.78, 5) is 63.3. The molecule has 1 unspecified atom stereocenters. The van der Waals surface area contributed by atoms with E-state index >= 15 is 0 Å². The predicted molar refractivity (Wildman–Crippen MR) is 151 cm³/mol. The van der Waals surface area contributed by atoms with Crippen molar-refractivity contribution in [2.24, 2.45) is 11.7 Å². The van der Waals surface area contributed by atoms with Crippen molar-refractivity contribution < 1.29 is 34.2 Å². The molecule has 1 aliphatic rings. The van der Waals surface area contributed by atoms with Crippen molar-refractivity contribution in [3.63, 3.8) is 0 Å². The Kier molecular flexibility index (Phi) is 14.1. The topological polar surface area (TPSA) is 203 Å². The molecule has 5 amide bonds. The van der Waals surface area contributed by atoms with Crippen LogP contribution < -0.4 is 27.0 Å². The Morgan fingerprint density at radius 3 is 2.17 bits per heavy atom. The van der Waals surface area contributed by atoms with Gasteiger partial charge in [0.15, 0.2) is 6.35 Å². The number of unbranched alkanes of at least 4 members (excludes halogenated alkanes) is 2. The van der Waals surface area contributed by atoms with Gasteiger partial charge in [-0.25, -0.2) is 0 Å². The molecule has 0 bridgehead atoms. The zero-order chi connectivity index (χ0) is 30.4. The number of anilines is 1. The van der Waals surface area contributed by atoms with Gasteiger partial charge in [0.05, 0.1) is 6.61 Å². The van der Waals surface area contributed by atoms with Gasteiger partial charge in [0, 0.05) is 30.8 Å². The molecule has 41 heavy (non-hydrogen) atoms. The van der Waals surface area contributed by atoms with E-state index in [1.54, 1.807) is 38.1 Å². The summed E-state index contributed by atoms with van der Waals surface area (Å²) in [6, 6.07) is 4.82. The van der Waals surface area contributed by atoms with E-state index in [0.29, 0.717) is 43.5 Å². The molecule has 1 heterocycles. The van der Waals surface area contributed by atoms with Crippen molar-refractivity contribution in [2.45, 2.75) is 77.4 Å². The number of carbonyl (C=O) groups is 5. The Morgan fingerprint density at radius 2 is 1.59 bits per heavy atom. The van der Waals surface area contributed by atoms with E-state index in [-0.39, 0.29) is 49.6 Å². The molecular weight excluding hydrogens is 532 g/mol. The molecule has 0 aromatic heterocycles. The zero-order valence-electron chi connectivity index (χ0n) is 23.6. The van der Waals surface area contributed by atoms with Crippen LogP contribution in [0.2, 0.25) is 0 Å². The van der Waals surface area contributed by atoms with E-state index < -0.39 is 30.2 Å². The summed E-state index contributed by atoms with van der Waals surface area (Å²) in [7, 11) is 0. The second-order valence-electron chi connectivity index (χ2n) is 10.2. The van der Waals surface area contributed by atoms with Crippen LogP contribution in [-0.2, 0) is 30.6 Å². The fraction of sp³-hybridized carbons (Fsp3) is 0.536. The fourth-order valence-electron chi connectivity index (χ4n) is 4.17. The van der Waals surface area contributed by atoms with Crippen molar-refractivity contribution in [1.29, 1.82) is 0 Å². The van der Waals surface area contributed by atoms with Gasteiger partial charge in [-0.05, 0) is 55.8 Å². The van der Waals surface area contributed by atoms with Crippen molar-refractivity contribution >= 4 is 35.2 Å². The molecular formula is C28H42N6O7. The number of nitrogens with zero attached hydrogens (tertiary/aromatic N) is 1. The largest absolute Gasteiger partial charge is 0.392 e. The van der Waals surface area contributed by atoms with Crippen molar-refractivity contribution in [3.05, 3.63) is 42.0 Å². The maximum absolute atomic E-state index is 13.2. The van der Waals surface area contributed by atoms with Crippen LogP contribution in [0.4, 0.5) is 5.69 Å². The highest BCUT2D eigenvalue weighted by molar-refractivity contribution is 6.12. The molecule has 13 nitrogen and oxygen atoms in total. The third-order valence-electron chi connectivity index (χ3n) is 6.51. The molecule has 0 fully saturated rings. The predicted octanol–water partition coefficient (Wildman–Crippen LogP) is -0.167. The normalized spacial score (nSPS) is 15.1. The first-order valence-corrected chi connectivity index (χ1v) is 13.8. The Balaban J connectivity index is 1.91. The summed E-state index contributed by atoms with van der Waals surface area (Å²) < 4.78 is 0. The maximum atomic E-state index is 13.2. The molecule has 3 atom stereocenters. The number of nitrogens with two attached hydrogens (primary N) is 1. The van der Waals surface area contributed by atoms with Gasteiger partial charge >= 0.3 is 0 Å². The minimum atomic E-state index is -1.20. The molecule has 2 rings (SSSR count). The number of rotatable bonds is 18. The number of imide groups is 1. The second kappa shape index (κ2) is 17.2. The van der Waals surface area contributed by atoms with Crippen molar-refractivity contribution in [3.8, 4) is 0 Å². The van der Waals surface area contributed by atoms with Gasteiger partial charge in [0.2, 0.25) is 17.7 Å². The minimum absolute atomic E-state index is 0.131. The summed E-state index contributed by atoms with van der Waals surface area (Å²) >= 11 is 0. The Hall–Kier alpha value is -3.65. The second-order valence-corrected chi connectivity index (χ2v) is 10.2. The average Bonchev–Trinajstić information content (AvgIpc) is 3.25. The lowest BCUT2D eigenvalue weighted by Crippen LogP contribution is -2.54. The van der Waals surface area contributed by atoms with Crippen LogP contribution in [0.3, 0.4) is 0 Å². The van der Waals surface area contributed by atoms with Crippen LogP contribution in [0.5, 0.6) is 0 Å². The molecule has 0 aliphatic carbocycles. The van der Waals surface area contributed by atoms with E-state index in [1.165, 1.54) is 12.2 Å². The molecule has 0 saturated heterocycles. The molecule has 13 heteroatoms.